The van der Waals surface area contributed by atoms with Crippen molar-refractivity contribution in [2.75, 3.05) is 0 Å². The maximum atomic E-state index is 10.7. The molecule has 3 heteroatoms. The van der Waals surface area contributed by atoms with Gasteiger partial charge in [0.2, 0.25) is 0 Å². The Morgan fingerprint density at radius 1 is 1.46 bits per heavy atom. The lowest BCUT2D eigenvalue weighted by Gasteiger charge is -2.05. The number of carbonyl (C=O) groups is 1. The van der Waals surface area contributed by atoms with Gasteiger partial charge in [-0.05, 0) is 24.1 Å². The molecule has 0 unspecified atom stereocenters. The van der Waals surface area contributed by atoms with E-state index in [0.29, 0.717) is 5.56 Å². The molecule has 0 aliphatic rings. The average Bonchev–Trinajstić information content (AvgIpc) is 2.03. The van der Waals surface area contributed by atoms with Gasteiger partial charge in [0.05, 0.1) is 10.6 Å². The van der Waals surface area contributed by atoms with E-state index in [2.05, 4.69) is 6.58 Å². The fraction of sp³-hybridized carbons (Fsp3) is 0.100. The number of benzene rings is 1. The minimum absolute atomic E-state index is 0.113. The smallest absolute Gasteiger partial charge is 0.337 e. The highest BCUT2D eigenvalue weighted by Crippen LogP contribution is 2.25. The SMILES string of the molecule is C=C(C)c1cccc(C(=O)O)c1Cl. The minimum Gasteiger partial charge on any atom is -0.478 e. The zero-order valence-electron chi connectivity index (χ0n) is 7.17. The number of allylic oxidation sites excluding steroid dienone is 1. The normalized spacial score (nSPS) is 9.69. The van der Waals surface area contributed by atoms with Gasteiger partial charge in [-0.15, -0.1) is 0 Å². The summed E-state index contributed by atoms with van der Waals surface area (Å²) in [4.78, 5) is 10.7. The van der Waals surface area contributed by atoms with E-state index in [-0.39, 0.29) is 10.6 Å². The van der Waals surface area contributed by atoms with Gasteiger partial charge in [0, 0.05) is 0 Å². The Balaban J connectivity index is 3.35. The Kier molecular flexibility index (Phi) is 2.73. The first kappa shape index (κ1) is 9.81. The molecule has 68 valence electrons. The third-order valence-corrected chi connectivity index (χ3v) is 2.10. The highest BCUT2D eigenvalue weighted by Gasteiger charge is 2.11. The number of halogens is 1. The summed E-state index contributed by atoms with van der Waals surface area (Å²) in [5.41, 5.74) is 1.55. The number of carboxylic acid groups (broad SMARTS) is 1. The zero-order valence-corrected chi connectivity index (χ0v) is 7.93. The Morgan fingerprint density at radius 2 is 2.00 bits per heavy atom. The topological polar surface area (TPSA) is 37.3 Å². The molecule has 0 saturated carbocycles. The van der Waals surface area contributed by atoms with Crippen molar-refractivity contribution in [1.29, 1.82) is 0 Å². The van der Waals surface area contributed by atoms with E-state index < -0.39 is 5.97 Å². The van der Waals surface area contributed by atoms with E-state index >= 15 is 0 Å². The van der Waals surface area contributed by atoms with Gasteiger partial charge >= 0.3 is 5.97 Å². The third kappa shape index (κ3) is 1.90. The van der Waals surface area contributed by atoms with Crippen LogP contribution in [-0.2, 0) is 0 Å². The van der Waals surface area contributed by atoms with Crippen LogP contribution >= 0.6 is 11.6 Å². The standard InChI is InChI=1S/C10H9ClO2/c1-6(2)7-4-3-5-8(9(7)11)10(12)13/h3-5H,1H2,2H3,(H,12,13). The van der Waals surface area contributed by atoms with Crippen LogP contribution in [0.1, 0.15) is 22.8 Å². The lowest BCUT2D eigenvalue weighted by molar-refractivity contribution is 0.0697. The summed E-state index contributed by atoms with van der Waals surface area (Å²) in [5, 5.41) is 9.01. The summed E-state index contributed by atoms with van der Waals surface area (Å²) in [6, 6.07) is 4.87. The van der Waals surface area contributed by atoms with E-state index in [1.165, 1.54) is 6.07 Å². The summed E-state index contributed by atoms with van der Waals surface area (Å²) in [5.74, 6) is -1.02. The van der Waals surface area contributed by atoms with Crippen molar-refractivity contribution in [2.24, 2.45) is 0 Å². The van der Waals surface area contributed by atoms with Gasteiger partial charge in [0.1, 0.15) is 0 Å². The summed E-state index contributed by atoms with van der Waals surface area (Å²) in [7, 11) is 0. The summed E-state index contributed by atoms with van der Waals surface area (Å²) in [6.07, 6.45) is 0. The Bertz CT molecular complexity index is 337. The molecule has 0 amide bonds. The molecule has 0 aliphatic carbocycles. The number of hydrogen-bond acceptors (Lipinski definition) is 1. The monoisotopic (exact) mass is 196 g/mol. The van der Waals surface area contributed by atoms with E-state index in [1.807, 2.05) is 0 Å². The molecule has 0 heterocycles. The average molecular weight is 197 g/mol. The molecular formula is C10H9ClO2. The molecule has 0 aromatic heterocycles. The van der Waals surface area contributed by atoms with Crippen molar-refractivity contribution in [3.8, 4) is 0 Å². The molecule has 0 bridgehead atoms. The second-order valence-electron chi connectivity index (χ2n) is 2.75. The van der Waals surface area contributed by atoms with E-state index in [1.54, 1.807) is 19.1 Å². The molecule has 1 N–H and O–H groups in total. The van der Waals surface area contributed by atoms with Crippen LogP contribution in [0.15, 0.2) is 24.8 Å². The van der Waals surface area contributed by atoms with Gasteiger partial charge in [0.25, 0.3) is 0 Å². The van der Waals surface area contributed by atoms with Crippen molar-refractivity contribution in [2.45, 2.75) is 6.92 Å². The second-order valence-corrected chi connectivity index (χ2v) is 3.13. The first-order valence-electron chi connectivity index (χ1n) is 3.71. The summed E-state index contributed by atoms with van der Waals surface area (Å²) < 4.78 is 0. The van der Waals surface area contributed by atoms with E-state index in [0.717, 1.165) is 5.57 Å². The number of aromatic carboxylic acids is 1. The zero-order chi connectivity index (χ0) is 10.0. The fourth-order valence-corrected chi connectivity index (χ4v) is 1.39. The van der Waals surface area contributed by atoms with Gasteiger partial charge in [-0.2, -0.15) is 0 Å². The van der Waals surface area contributed by atoms with E-state index in [9.17, 15) is 4.79 Å². The van der Waals surface area contributed by atoms with Crippen LogP contribution in [0.4, 0.5) is 0 Å². The van der Waals surface area contributed by atoms with Crippen molar-refractivity contribution in [1.82, 2.24) is 0 Å². The maximum Gasteiger partial charge on any atom is 0.337 e. The molecule has 0 aliphatic heterocycles. The van der Waals surface area contributed by atoms with Gasteiger partial charge in [-0.3, -0.25) is 0 Å². The predicted octanol–water partition coefficient (Wildman–Crippen LogP) is 3.07. The molecule has 0 radical (unpaired) electrons. The lowest BCUT2D eigenvalue weighted by atomic mass is 10.1. The van der Waals surface area contributed by atoms with Gasteiger partial charge in [-0.25, -0.2) is 4.79 Å². The molecule has 0 saturated heterocycles. The first-order chi connectivity index (χ1) is 6.04. The number of carboxylic acids is 1. The minimum atomic E-state index is -1.02. The largest absolute Gasteiger partial charge is 0.478 e. The van der Waals surface area contributed by atoms with Crippen LogP contribution in [0.5, 0.6) is 0 Å². The third-order valence-electron chi connectivity index (χ3n) is 1.69. The van der Waals surface area contributed by atoms with Crippen molar-refractivity contribution in [3.05, 3.63) is 40.9 Å². The molecule has 1 aromatic carbocycles. The molecule has 1 aromatic rings. The number of hydrogen-bond donors (Lipinski definition) is 1. The van der Waals surface area contributed by atoms with E-state index in [4.69, 9.17) is 16.7 Å². The summed E-state index contributed by atoms with van der Waals surface area (Å²) >= 11 is 5.86. The summed E-state index contributed by atoms with van der Waals surface area (Å²) in [6.45, 7) is 5.49. The lowest BCUT2D eigenvalue weighted by Crippen LogP contribution is -1.98. The number of rotatable bonds is 2. The van der Waals surface area contributed by atoms with Crippen molar-refractivity contribution >= 4 is 23.1 Å². The molecule has 0 atom stereocenters. The quantitative estimate of drug-likeness (QED) is 0.790. The van der Waals surface area contributed by atoms with Crippen LogP contribution in [0.25, 0.3) is 5.57 Å². The van der Waals surface area contributed by atoms with Gasteiger partial charge in [0.15, 0.2) is 0 Å². The molecular weight excluding hydrogens is 188 g/mol. The highest BCUT2D eigenvalue weighted by atomic mass is 35.5. The van der Waals surface area contributed by atoms with Crippen LogP contribution in [-0.4, -0.2) is 11.1 Å². The molecule has 0 spiro atoms. The van der Waals surface area contributed by atoms with Crippen LogP contribution in [0.2, 0.25) is 5.02 Å². The Morgan fingerprint density at radius 3 is 2.46 bits per heavy atom. The molecule has 2 nitrogen and oxygen atoms in total. The maximum absolute atomic E-state index is 10.7. The van der Waals surface area contributed by atoms with Crippen molar-refractivity contribution < 1.29 is 9.90 Å². The van der Waals surface area contributed by atoms with Gasteiger partial charge < -0.3 is 5.11 Å². The van der Waals surface area contributed by atoms with Gasteiger partial charge in [-0.1, -0.05) is 30.3 Å². The Hall–Kier alpha value is -1.28. The van der Waals surface area contributed by atoms with Crippen LogP contribution < -0.4 is 0 Å². The van der Waals surface area contributed by atoms with Crippen LogP contribution in [0, 0.1) is 0 Å². The molecule has 13 heavy (non-hydrogen) atoms. The Labute approximate surface area is 81.5 Å². The fourth-order valence-electron chi connectivity index (χ4n) is 1.03. The van der Waals surface area contributed by atoms with Crippen LogP contribution in [0.3, 0.4) is 0 Å². The second kappa shape index (κ2) is 3.62. The van der Waals surface area contributed by atoms with Crippen molar-refractivity contribution in [3.63, 3.8) is 0 Å². The highest BCUT2D eigenvalue weighted by molar-refractivity contribution is 6.35. The predicted molar refractivity (Wildman–Crippen MR) is 53.1 cm³/mol. The first-order valence-corrected chi connectivity index (χ1v) is 4.09. The molecule has 0 fully saturated rings. The molecule has 1 rings (SSSR count).